The van der Waals surface area contributed by atoms with Crippen molar-refractivity contribution in [3.8, 4) is 0 Å². The predicted octanol–water partition coefficient (Wildman–Crippen LogP) is 3.83. The number of anilines is 2. The molecule has 1 aliphatic heterocycles. The number of nitro benzene ring substituents is 1. The maximum atomic E-state index is 12.8. The van der Waals surface area contributed by atoms with E-state index in [1.807, 2.05) is 37.8 Å². The number of nitrogens with one attached hydrogen (secondary N) is 1. The molecule has 1 aliphatic rings. The largest absolute Gasteiger partial charge is 0.366 e. The van der Waals surface area contributed by atoms with Crippen LogP contribution in [-0.4, -0.2) is 48.3 Å². The quantitative estimate of drug-likeness (QED) is 0.562. The van der Waals surface area contributed by atoms with E-state index in [1.165, 1.54) is 18.0 Å². The van der Waals surface area contributed by atoms with Gasteiger partial charge in [-0.1, -0.05) is 17.7 Å². The summed E-state index contributed by atoms with van der Waals surface area (Å²) < 4.78 is 0. The molecule has 0 radical (unpaired) electrons. The Morgan fingerprint density at radius 3 is 2.29 bits per heavy atom. The molecule has 0 atom stereocenters. The summed E-state index contributed by atoms with van der Waals surface area (Å²) in [6, 6.07) is 8.49. The van der Waals surface area contributed by atoms with Crippen LogP contribution in [0.5, 0.6) is 0 Å². The fourth-order valence-corrected chi connectivity index (χ4v) is 4.09. The van der Waals surface area contributed by atoms with E-state index in [1.54, 1.807) is 12.1 Å². The van der Waals surface area contributed by atoms with Gasteiger partial charge in [-0.25, -0.2) is 0 Å². The summed E-state index contributed by atoms with van der Waals surface area (Å²) in [6.45, 7) is 7.22. The standard InChI is InChI=1S/C23H28N4O4/c1-15-11-16(2)22(17(3)12-15)24-21(28)14-25(4)23(29)18-7-8-19(20(13-18)27(30)31)26-9-5-6-10-26/h7-8,11-13H,5-6,9-10,14H2,1-4H3,(H,24,28). The monoisotopic (exact) mass is 424 g/mol. The van der Waals surface area contributed by atoms with Gasteiger partial charge in [0, 0.05) is 37.5 Å². The zero-order chi connectivity index (χ0) is 22.7. The number of likely N-dealkylation sites (N-methyl/N-ethyl adjacent to an activating group) is 1. The van der Waals surface area contributed by atoms with Gasteiger partial charge >= 0.3 is 0 Å². The van der Waals surface area contributed by atoms with Gasteiger partial charge in [-0.2, -0.15) is 0 Å². The number of benzene rings is 2. The van der Waals surface area contributed by atoms with Crippen molar-refractivity contribution < 1.29 is 14.5 Å². The normalized spacial score (nSPS) is 13.2. The van der Waals surface area contributed by atoms with Crippen LogP contribution in [0, 0.1) is 30.9 Å². The first kappa shape index (κ1) is 22.3. The average Bonchev–Trinajstić information content (AvgIpc) is 3.24. The van der Waals surface area contributed by atoms with Crippen LogP contribution in [-0.2, 0) is 4.79 Å². The van der Waals surface area contributed by atoms with Gasteiger partial charge in [0.25, 0.3) is 11.6 Å². The Labute approximate surface area is 182 Å². The maximum Gasteiger partial charge on any atom is 0.293 e. The van der Waals surface area contributed by atoms with Crippen LogP contribution < -0.4 is 10.2 Å². The minimum absolute atomic E-state index is 0.0866. The Bertz CT molecular complexity index is 1010. The van der Waals surface area contributed by atoms with Crippen LogP contribution in [0.15, 0.2) is 30.3 Å². The van der Waals surface area contributed by atoms with Gasteiger partial charge in [-0.3, -0.25) is 19.7 Å². The molecule has 164 valence electrons. The maximum absolute atomic E-state index is 12.8. The van der Waals surface area contributed by atoms with Crippen molar-refractivity contribution in [1.82, 2.24) is 4.90 Å². The molecule has 8 heteroatoms. The number of carbonyl (C=O) groups is 2. The van der Waals surface area contributed by atoms with E-state index in [0.717, 1.165) is 48.3 Å². The highest BCUT2D eigenvalue weighted by Crippen LogP contribution is 2.32. The first-order chi connectivity index (χ1) is 14.7. The lowest BCUT2D eigenvalue weighted by Gasteiger charge is -2.20. The molecule has 1 fully saturated rings. The Morgan fingerprint density at radius 2 is 1.71 bits per heavy atom. The highest BCUT2D eigenvalue weighted by Gasteiger charge is 2.25. The third-order valence-corrected chi connectivity index (χ3v) is 5.53. The summed E-state index contributed by atoms with van der Waals surface area (Å²) in [5.74, 6) is -0.766. The number of hydrogen-bond acceptors (Lipinski definition) is 5. The zero-order valence-electron chi connectivity index (χ0n) is 18.4. The van der Waals surface area contributed by atoms with Crippen LogP contribution in [0.2, 0.25) is 0 Å². The van der Waals surface area contributed by atoms with Gasteiger partial charge in [-0.05, 0) is 56.9 Å². The lowest BCUT2D eigenvalue weighted by molar-refractivity contribution is -0.384. The summed E-state index contributed by atoms with van der Waals surface area (Å²) in [4.78, 5) is 39.7. The van der Waals surface area contributed by atoms with Crippen molar-refractivity contribution in [3.05, 3.63) is 62.7 Å². The molecular weight excluding hydrogens is 396 g/mol. The Balaban J connectivity index is 1.73. The molecule has 1 saturated heterocycles. The van der Waals surface area contributed by atoms with Crippen molar-refractivity contribution in [2.24, 2.45) is 0 Å². The van der Waals surface area contributed by atoms with E-state index < -0.39 is 10.8 Å². The van der Waals surface area contributed by atoms with Crippen molar-refractivity contribution in [2.75, 3.05) is 36.9 Å². The molecule has 0 aromatic heterocycles. The van der Waals surface area contributed by atoms with Crippen molar-refractivity contribution in [2.45, 2.75) is 33.6 Å². The fourth-order valence-electron chi connectivity index (χ4n) is 4.09. The third-order valence-electron chi connectivity index (χ3n) is 5.53. The number of nitrogens with zero attached hydrogens (tertiary/aromatic N) is 3. The molecule has 2 aromatic rings. The van der Waals surface area contributed by atoms with Crippen LogP contribution >= 0.6 is 0 Å². The second-order valence-electron chi connectivity index (χ2n) is 8.14. The molecule has 0 unspecified atom stereocenters. The number of hydrogen-bond donors (Lipinski definition) is 1. The van der Waals surface area contributed by atoms with Crippen LogP contribution in [0.1, 0.15) is 39.9 Å². The van der Waals surface area contributed by atoms with E-state index in [4.69, 9.17) is 0 Å². The average molecular weight is 425 g/mol. The molecule has 3 rings (SSSR count). The minimum atomic E-state index is -0.458. The highest BCUT2D eigenvalue weighted by molar-refractivity contribution is 6.00. The van der Waals surface area contributed by atoms with Gasteiger partial charge in [-0.15, -0.1) is 0 Å². The highest BCUT2D eigenvalue weighted by atomic mass is 16.6. The van der Waals surface area contributed by atoms with Crippen LogP contribution in [0.25, 0.3) is 0 Å². The lowest BCUT2D eigenvalue weighted by atomic mass is 10.1. The molecule has 0 saturated carbocycles. The molecule has 31 heavy (non-hydrogen) atoms. The van der Waals surface area contributed by atoms with Crippen LogP contribution in [0.4, 0.5) is 17.1 Å². The summed E-state index contributed by atoms with van der Waals surface area (Å²) in [5.41, 5.74) is 4.39. The summed E-state index contributed by atoms with van der Waals surface area (Å²) in [5, 5.41) is 14.5. The first-order valence-corrected chi connectivity index (χ1v) is 10.3. The molecule has 1 heterocycles. The Hall–Kier alpha value is -3.42. The number of amides is 2. The van der Waals surface area contributed by atoms with Gasteiger partial charge in [0.2, 0.25) is 5.91 Å². The van der Waals surface area contributed by atoms with E-state index in [0.29, 0.717) is 5.69 Å². The third kappa shape index (κ3) is 5.02. The molecule has 8 nitrogen and oxygen atoms in total. The van der Waals surface area contributed by atoms with Crippen molar-refractivity contribution >= 4 is 28.9 Å². The number of rotatable bonds is 6. The zero-order valence-corrected chi connectivity index (χ0v) is 18.4. The predicted molar refractivity (Wildman–Crippen MR) is 121 cm³/mol. The smallest absolute Gasteiger partial charge is 0.293 e. The Kier molecular flexibility index (Phi) is 6.58. The molecule has 2 aromatic carbocycles. The second-order valence-corrected chi connectivity index (χ2v) is 8.14. The fraction of sp³-hybridized carbons (Fsp3) is 0.391. The lowest BCUT2D eigenvalue weighted by Crippen LogP contribution is -2.35. The molecular formula is C23H28N4O4. The minimum Gasteiger partial charge on any atom is -0.366 e. The van der Waals surface area contributed by atoms with Crippen molar-refractivity contribution in [1.29, 1.82) is 0 Å². The molecule has 1 N–H and O–H groups in total. The topological polar surface area (TPSA) is 95.8 Å². The van der Waals surface area contributed by atoms with Gasteiger partial charge in [0.1, 0.15) is 5.69 Å². The van der Waals surface area contributed by atoms with E-state index in [2.05, 4.69) is 5.32 Å². The SMILES string of the molecule is Cc1cc(C)c(NC(=O)CN(C)C(=O)c2ccc(N3CCCC3)c([N+](=O)[O-])c2)c(C)c1. The molecule has 0 spiro atoms. The number of carbonyl (C=O) groups excluding carboxylic acids is 2. The summed E-state index contributed by atoms with van der Waals surface area (Å²) >= 11 is 0. The molecule has 2 amide bonds. The van der Waals surface area contributed by atoms with Crippen molar-refractivity contribution in [3.63, 3.8) is 0 Å². The van der Waals surface area contributed by atoms with Crippen LogP contribution in [0.3, 0.4) is 0 Å². The molecule has 0 bridgehead atoms. The second kappa shape index (κ2) is 9.16. The van der Waals surface area contributed by atoms with Gasteiger partial charge in [0.05, 0.1) is 11.5 Å². The van der Waals surface area contributed by atoms with E-state index in [-0.39, 0.29) is 23.7 Å². The molecule has 0 aliphatic carbocycles. The van der Waals surface area contributed by atoms with E-state index in [9.17, 15) is 19.7 Å². The first-order valence-electron chi connectivity index (χ1n) is 10.3. The van der Waals surface area contributed by atoms with Gasteiger partial charge < -0.3 is 15.1 Å². The number of nitro groups is 1. The van der Waals surface area contributed by atoms with E-state index >= 15 is 0 Å². The number of aryl methyl sites for hydroxylation is 3. The summed E-state index contributed by atoms with van der Waals surface area (Å²) in [7, 11) is 1.51. The summed E-state index contributed by atoms with van der Waals surface area (Å²) in [6.07, 6.45) is 1.99. The Morgan fingerprint density at radius 1 is 1.10 bits per heavy atom. The van der Waals surface area contributed by atoms with Gasteiger partial charge in [0.15, 0.2) is 0 Å².